The molecule has 0 spiro atoms. The molecule has 1 N–H and O–H groups in total. The van der Waals surface area contributed by atoms with E-state index >= 15 is 0 Å². The number of thiophene rings is 1. The number of esters is 1. The van der Waals surface area contributed by atoms with Crippen molar-refractivity contribution in [2.75, 3.05) is 7.11 Å². The van der Waals surface area contributed by atoms with Crippen molar-refractivity contribution in [1.82, 2.24) is 9.38 Å². The second-order valence-electron chi connectivity index (χ2n) is 3.89. The third-order valence-corrected chi connectivity index (χ3v) is 3.78. The lowest BCUT2D eigenvalue weighted by atomic mass is 10.2. The quantitative estimate of drug-likeness (QED) is 0.729. The summed E-state index contributed by atoms with van der Waals surface area (Å²) < 4.78 is 6.47. The van der Waals surface area contributed by atoms with E-state index in [0.29, 0.717) is 5.56 Å². The fourth-order valence-electron chi connectivity index (χ4n) is 1.90. The Hall–Kier alpha value is -2.34. The summed E-state index contributed by atoms with van der Waals surface area (Å²) >= 11 is 1.15. The number of carbonyl (C=O) groups is 1. The lowest BCUT2D eigenvalue weighted by Gasteiger charge is -2.01. The molecule has 3 heterocycles. The lowest BCUT2D eigenvalue weighted by molar-refractivity contribution is 0.0603. The Morgan fingerprint density at radius 3 is 3.11 bits per heavy atom. The highest BCUT2D eigenvalue weighted by molar-refractivity contribution is 7.12. The molecule has 3 aromatic heterocycles. The summed E-state index contributed by atoms with van der Waals surface area (Å²) in [4.78, 5) is 15.9. The summed E-state index contributed by atoms with van der Waals surface area (Å²) in [5.74, 6) is -0.606. The van der Waals surface area contributed by atoms with Gasteiger partial charge in [0.15, 0.2) is 4.88 Å². The van der Waals surface area contributed by atoms with Gasteiger partial charge < -0.3 is 9.84 Å². The lowest BCUT2D eigenvalue weighted by Crippen LogP contribution is -1.98. The number of hydrogen-bond acceptors (Lipinski definition) is 5. The first-order valence-corrected chi connectivity index (χ1v) is 6.41. The van der Waals surface area contributed by atoms with Crippen LogP contribution in [0.3, 0.4) is 0 Å². The number of nitrogens with zero attached hydrogens (tertiary/aromatic N) is 2. The minimum absolute atomic E-state index is 0.0671. The normalized spacial score (nSPS) is 10.8. The monoisotopic (exact) mass is 274 g/mol. The van der Waals surface area contributed by atoms with Crippen LogP contribution in [-0.2, 0) is 4.74 Å². The van der Waals surface area contributed by atoms with E-state index < -0.39 is 5.97 Å². The predicted molar refractivity (Wildman–Crippen MR) is 71.5 cm³/mol. The van der Waals surface area contributed by atoms with Crippen molar-refractivity contribution >= 4 is 23.0 Å². The first-order valence-electron chi connectivity index (χ1n) is 5.53. The molecule has 0 saturated heterocycles. The number of carbonyl (C=O) groups excluding carboxylic acids is 1. The Labute approximate surface area is 112 Å². The summed E-state index contributed by atoms with van der Waals surface area (Å²) in [6.45, 7) is 0. The Morgan fingerprint density at radius 2 is 2.32 bits per heavy atom. The van der Waals surface area contributed by atoms with Crippen LogP contribution in [0.15, 0.2) is 36.0 Å². The second kappa shape index (κ2) is 4.40. The van der Waals surface area contributed by atoms with Gasteiger partial charge in [0, 0.05) is 11.6 Å². The molecule has 0 aliphatic rings. The van der Waals surface area contributed by atoms with Gasteiger partial charge in [-0.2, -0.15) is 0 Å². The number of pyridine rings is 1. The van der Waals surface area contributed by atoms with Crippen LogP contribution in [0.1, 0.15) is 9.67 Å². The van der Waals surface area contributed by atoms with E-state index in [1.807, 2.05) is 28.8 Å². The standard InChI is InChI=1S/C13H10N2O3S/c1-18-13(17)12-11(16)8(7-19-12)9-6-14-10-4-2-3-5-15(9)10/h2-7,16H,1H3. The van der Waals surface area contributed by atoms with Crippen molar-refractivity contribution in [2.45, 2.75) is 0 Å². The molecule has 0 aromatic carbocycles. The third-order valence-electron chi connectivity index (χ3n) is 2.83. The average molecular weight is 274 g/mol. The fourth-order valence-corrected chi connectivity index (χ4v) is 2.77. The zero-order valence-electron chi connectivity index (χ0n) is 10.0. The molecule has 0 atom stereocenters. The number of rotatable bonds is 2. The van der Waals surface area contributed by atoms with E-state index in [-0.39, 0.29) is 10.6 Å². The largest absolute Gasteiger partial charge is 0.505 e. The molecule has 3 rings (SSSR count). The molecule has 0 bridgehead atoms. The van der Waals surface area contributed by atoms with Gasteiger partial charge >= 0.3 is 5.97 Å². The molecular formula is C13H10N2O3S. The van der Waals surface area contributed by atoms with Crippen LogP contribution >= 0.6 is 11.3 Å². The number of fused-ring (bicyclic) bond motifs is 1. The van der Waals surface area contributed by atoms with Gasteiger partial charge in [-0.15, -0.1) is 11.3 Å². The van der Waals surface area contributed by atoms with Gasteiger partial charge in [0.05, 0.1) is 24.6 Å². The first kappa shape index (κ1) is 11.7. The maximum Gasteiger partial charge on any atom is 0.351 e. The van der Waals surface area contributed by atoms with Gasteiger partial charge in [-0.1, -0.05) is 6.07 Å². The molecule has 0 aliphatic heterocycles. The van der Waals surface area contributed by atoms with E-state index in [1.165, 1.54) is 7.11 Å². The summed E-state index contributed by atoms with van der Waals surface area (Å²) in [6, 6.07) is 5.64. The number of imidazole rings is 1. The Bertz CT molecular complexity index is 760. The third kappa shape index (κ3) is 1.77. The van der Waals surface area contributed by atoms with Gasteiger partial charge in [0.2, 0.25) is 0 Å². The number of aromatic nitrogens is 2. The molecule has 5 nitrogen and oxygen atoms in total. The topological polar surface area (TPSA) is 63.8 Å². The minimum atomic E-state index is -0.539. The van der Waals surface area contributed by atoms with Crippen molar-refractivity contribution in [1.29, 1.82) is 0 Å². The molecule has 0 fully saturated rings. The summed E-state index contributed by atoms with van der Waals surface area (Å²) in [5.41, 5.74) is 2.09. The van der Waals surface area contributed by atoms with Crippen molar-refractivity contribution in [2.24, 2.45) is 0 Å². The molecule has 0 radical (unpaired) electrons. The molecule has 3 aromatic rings. The van der Waals surface area contributed by atoms with E-state index in [0.717, 1.165) is 22.7 Å². The molecule has 0 saturated carbocycles. The maximum atomic E-state index is 11.5. The van der Waals surface area contributed by atoms with Gasteiger partial charge in [0.1, 0.15) is 11.4 Å². The number of methoxy groups -OCH3 is 1. The first-order chi connectivity index (χ1) is 9.22. The van der Waals surface area contributed by atoms with Gasteiger partial charge in [0.25, 0.3) is 0 Å². The average Bonchev–Trinajstić information content (AvgIpc) is 3.01. The highest BCUT2D eigenvalue weighted by atomic mass is 32.1. The highest BCUT2D eigenvalue weighted by Crippen LogP contribution is 2.37. The summed E-state index contributed by atoms with van der Waals surface area (Å²) in [6.07, 6.45) is 3.52. The van der Waals surface area contributed by atoms with Crippen LogP contribution in [0.5, 0.6) is 5.75 Å². The Morgan fingerprint density at radius 1 is 1.47 bits per heavy atom. The molecule has 0 unspecified atom stereocenters. The van der Waals surface area contributed by atoms with Gasteiger partial charge in [-0.05, 0) is 12.1 Å². The molecule has 0 amide bonds. The molecule has 6 heteroatoms. The molecule has 96 valence electrons. The minimum Gasteiger partial charge on any atom is -0.505 e. The van der Waals surface area contributed by atoms with E-state index in [9.17, 15) is 9.90 Å². The zero-order chi connectivity index (χ0) is 13.4. The van der Waals surface area contributed by atoms with Crippen molar-refractivity contribution in [3.8, 4) is 17.0 Å². The van der Waals surface area contributed by atoms with Gasteiger partial charge in [-0.25, -0.2) is 9.78 Å². The maximum absolute atomic E-state index is 11.5. The number of ether oxygens (including phenoxy) is 1. The van der Waals surface area contributed by atoms with Crippen LogP contribution in [0.4, 0.5) is 0 Å². The van der Waals surface area contributed by atoms with Crippen LogP contribution in [-0.4, -0.2) is 27.6 Å². The fraction of sp³-hybridized carbons (Fsp3) is 0.0769. The predicted octanol–water partition coefficient (Wildman–Crippen LogP) is 2.56. The van der Waals surface area contributed by atoms with Crippen LogP contribution in [0.2, 0.25) is 0 Å². The van der Waals surface area contributed by atoms with Crippen molar-refractivity contribution < 1.29 is 14.6 Å². The Kier molecular flexibility index (Phi) is 2.72. The van der Waals surface area contributed by atoms with E-state index in [2.05, 4.69) is 9.72 Å². The zero-order valence-corrected chi connectivity index (χ0v) is 10.8. The van der Waals surface area contributed by atoms with Crippen LogP contribution in [0.25, 0.3) is 16.9 Å². The summed E-state index contributed by atoms with van der Waals surface area (Å²) in [7, 11) is 1.29. The second-order valence-corrected chi connectivity index (χ2v) is 4.77. The Balaban J connectivity index is 2.17. The smallest absolute Gasteiger partial charge is 0.351 e. The highest BCUT2D eigenvalue weighted by Gasteiger charge is 2.20. The van der Waals surface area contributed by atoms with Crippen molar-refractivity contribution in [3.05, 3.63) is 40.8 Å². The van der Waals surface area contributed by atoms with Crippen LogP contribution < -0.4 is 0 Å². The molecular weight excluding hydrogens is 264 g/mol. The number of aromatic hydroxyl groups is 1. The number of hydrogen-bond donors (Lipinski definition) is 1. The summed E-state index contributed by atoms with van der Waals surface area (Å²) in [5, 5.41) is 11.9. The SMILES string of the molecule is COC(=O)c1scc(-c2cnc3ccccn23)c1O. The van der Waals surface area contributed by atoms with Crippen molar-refractivity contribution in [3.63, 3.8) is 0 Å². The van der Waals surface area contributed by atoms with Crippen LogP contribution in [0, 0.1) is 0 Å². The van der Waals surface area contributed by atoms with Gasteiger partial charge in [-0.3, -0.25) is 4.40 Å². The van der Waals surface area contributed by atoms with E-state index in [4.69, 9.17) is 0 Å². The molecule has 19 heavy (non-hydrogen) atoms. The molecule has 0 aliphatic carbocycles. The van der Waals surface area contributed by atoms with E-state index in [1.54, 1.807) is 11.6 Å².